The van der Waals surface area contributed by atoms with E-state index in [1.165, 1.54) is 0 Å². The number of aryl methyl sites for hydroxylation is 1. The molecule has 180 valence electrons. The predicted octanol–water partition coefficient (Wildman–Crippen LogP) is 4.24. The van der Waals surface area contributed by atoms with Gasteiger partial charge in [-0.2, -0.15) is 0 Å². The van der Waals surface area contributed by atoms with E-state index in [4.69, 9.17) is 9.72 Å². The number of carbonyl (C=O) groups excluding carboxylic acids is 2. The third-order valence-corrected chi connectivity index (χ3v) is 4.85. The molecule has 4 aromatic heterocycles. The van der Waals surface area contributed by atoms with E-state index in [1.807, 2.05) is 31.2 Å². The van der Waals surface area contributed by atoms with Gasteiger partial charge in [-0.15, -0.1) is 0 Å². The van der Waals surface area contributed by atoms with Crippen LogP contribution in [0.3, 0.4) is 0 Å². The van der Waals surface area contributed by atoms with Gasteiger partial charge in [0.25, 0.3) is 0 Å². The summed E-state index contributed by atoms with van der Waals surface area (Å²) in [5.74, 6) is 0.223. The highest BCUT2D eigenvalue weighted by Gasteiger charge is 2.17. The van der Waals surface area contributed by atoms with Gasteiger partial charge in [0.15, 0.2) is 5.82 Å². The summed E-state index contributed by atoms with van der Waals surface area (Å²) in [6.45, 7) is 7.39. The Hall–Kier alpha value is -4.34. The molecule has 10 nitrogen and oxygen atoms in total. The Kier molecular flexibility index (Phi) is 6.72. The molecule has 0 fully saturated rings. The summed E-state index contributed by atoms with van der Waals surface area (Å²) in [7, 11) is 0. The van der Waals surface area contributed by atoms with Crippen LogP contribution in [0.4, 0.5) is 10.5 Å². The minimum absolute atomic E-state index is 0.0855. The number of pyridine rings is 2. The number of fused-ring (bicyclic) bond motifs is 1. The zero-order chi connectivity index (χ0) is 25.0. The van der Waals surface area contributed by atoms with Gasteiger partial charge in [0.1, 0.15) is 16.9 Å². The van der Waals surface area contributed by atoms with Crippen LogP contribution in [0.2, 0.25) is 0 Å². The molecule has 4 rings (SSSR count). The van der Waals surface area contributed by atoms with E-state index in [0.29, 0.717) is 28.5 Å². The number of carbonyl (C=O) groups is 2. The number of nitrogens with zero attached hydrogens (tertiary/aromatic N) is 4. The number of aromatic nitrogens is 5. The summed E-state index contributed by atoms with van der Waals surface area (Å²) in [5, 5.41) is 6.21. The highest BCUT2D eigenvalue weighted by Crippen LogP contribution is 2.29. The Balaban J connectivity index is 1.51. The molecule has 2 amide bonds. The summed E-state index contributed by atoms with van der Waals surface area (Å²) in [6, 6.07) is 9.38. The molecular formula is C25H27N7O3. The molecule has 0 unspecified atom stereocenters. The Morgan fingerprint density at radius 3 is 2.69 bits per heavy atom. The zero-order valence-electron chi connectivity index (χ0n) is 20.0. The maximum absolute atomic E-state index is 12.4. The first-order chi connectivity index (χ1) is 16.7. The quantitative estimate of drug-likeness (QED) is 0.381. The topological polar surface area (TPSA) is 135 Å². The molecule has 4 aromatic rings. The van der Waals surface area contributed by atoms with E-state index in [0.717, 1.165) is 16.6 Å². The Labute approximate surface area is 202 Å². The number of H-pyrrole nitrogens is 1. The third-order valence-electron chi connectivity index (χ3n) is 4.85. The smallest absolute Gasteiger partial charge is 0.407 e. The molecule has 0 aliphatic heterocycles. The predicted molar refractivity (Wildman–Crippen MR) is 133 cm³/mol. The van der Waals surface area contributed by atoms with Gasteiger partial charge in [-0.05, 0) is 52.0 Å². The monoisotopic (exact) mass is 473 g/mol. The first kappa shape index (κ1) is 23.8. The highest BCUT2D eigenvalue weighted by atomic mass is 16.6. The molecule has 4 heterocycles. The zero-order valence-corrected chi connectivity index (χ0v) is 20.0. The van der Waals surface area contributed by atoms with Crippen LogP contribution in [0.25, 0.3) is 33.8 Å². The average molecular weight is 474 g/mol. The standard InChI is InChI=1S/C25H27N7O3/c1-15-6-5-7-19(29-15)23-31-21(18-8-10-27-22(18)32-23)16-12-17(14-26-13-16)30-20(33)9-11-28-24(34)35-25(2,3)4/h5-8,10,12-14H,9,11H2,1-4H3,(H,28,34)(H,30,33)(H,27,31,32). The molecule has 0 bridgehead atoms. The van der Waals surface area contributed by atoms with E-state index in [2.05, 4.69) is 30.6 Å². The van der Waals surface area contributed by atoms with Crippen LogP contribution in [0, 0.1) is 6.92 Å². The molecule has 0 spiro atoms. The van der Waals surface area contributed by atoms with Crippen molar-refractivity contribution in [3.05, 3.63) is 54.6 Å². The molecule has 0 aliphatic carbocycles. The number of alkyl carbamates (subject to hydrolysis) is 1. The summed E-state index contributed by atoms with van der Waals surface area (Å²) in [4.78, 5) is 45.5. The van der Waals surface area contributed by atoms with Crippen molar-refractivity contribution >= 4 is 28.7 Å². The second kappa shape index (κ2) is 9.88. The molecule has 0 atom stereocenters. The van der Waals surface area contributed by atoms with E-state index in [9.17, 15) is 9.59 Å². The summed E-state index contributed by atoms with van der Waals surface area (Å²) >= 11 is 0. The average Bonchev–Trinajstić information content (AvgIpc) is 3.26. The van der Waals surface area contributed by atoms with Crippen LogP contribution >= 0.6 is 0 Å². The molecule has 3 N–H and O–H groups in total. The second-order valence-electron chi connectivity index (χ2n) is 8.99. The van der Waals surface area contributed by atoms with Crippen LogP contribution in [-0.2, 0) is 9.53 Å². The molecule has 0 radical (unpaired) electrons. The van der Waals surface area contributed by atoms with Crippen molar-refractivity contribution in [2.75, 3.05) is 11.9 Å². The van der Waals surface area contributed by atoms with Crippen molar-refractivity contribution in [2.24, 2.45) is 0 Å². The Bertz CT molecular complexity index is 1380. The summed E-state index contributed by atoms with van der Waals surface area (Å²) in [6.07, 6.45) is 4.56. The fraction of sp³-hybridized carbons (Fsp3) is 0.280. The summed E-state index contributed by atoms with van der Waals surface area (Å²) in [5.41, 5.74) is 3.52. The number of hydrogen-bond acceptors (Lipinski definition) is 7. The van der Waals surface area contributed by atoms with Gasteiger partial charge in [-0.3, -0.25) is 9.78 Å². The van der Waals surface area contributed by atoms with E-state index < -0.39 is 11.7 Å². The van der Waals surface area contributed by atoms with Crippen molar-refractivity contribution < 1.29 is 14.3 Å². The number of rotatable bonds is 6. The number of ether oxygens (including phenoxy) is 1. The Morgan fingerprint density at radius 2 is 1.91 bits per heavy atom. The summed E-state index contributed by atoms with van der Waals surface area (Å²) < 4.78 is 5.17. The van der Waals surface area contributed by atoms with Gasteiger partial charge in [0.2, 0.25) is 5.91 Å². The lowest BCUT2D eigenvalue weighted by molar-refractivity contribution is -0.116. The lowest BCUT2D eigenvalue weighted by Crippen LogP contribution is -2.34. The maximum atomic E-state index is 12.4. The number of nitrogens with one attached hydrogen (secondary N) is 3. The van der Waals surface area contributed by atoms with Crippen LogP contribution in [0.5, 0.6) is 0 Å². The maximum Gasteiger partial charge on any atom is 0.407 e. The van der Waals surface area contributed by atoms with Gasteiger partial charge >= 0.3 is 6.09 Å². The third kappa shape index (κ3) is 6.17. The van der Waals surface area contributed by atoms with Crippen molar-refractivity contribution in [3.63, 3.8) is 0 Å². The van der Waals surface area contributed by atoms with Crippen molar-refractivity contribution in [3.8, 4) is 22.8 Å². The fourth-order valence-electron chi connectivity index (χ4n) is 3.40. The second-order valence-corrected chi connectivity index (χ2v) is 8.99. The molecule has 0 saturated carbocycles. The number of amides is 2. The minimum atomic E-state index is -0.598. The van der Waals surface area contributed by atoms with Crippen LogP contribution in [0.1, 0.15) is 32.9 Å². The minimum Gasteiger partial charge on any atom is -0.444 e. The van der Waals surface area contributed by atoms with E-state index in [1.54, 1.807) is 45.4 Å². The molecule has 0 saturated heterocycles. The Morgan fingerprint density at radius 1 is 1.09 bits per heavy atom. The number of aromatic amines is 1. The van der Waals surface area contributed by atoms with E-state index in [-0.39, 0.29) is 18.9 Å². The molecule has 35 heavy (non-hydrogen) atoms. The normalized spacial score (nSPS) is 11.3. The van der Waals surface area contributed by atoms with Crippen molar-refractivity contribution in [1.29, 1.82) is 0 Å². The van der Waals surface area contributed by atoms with Gasteiger partial charge in [-0.1, -0.05) is 6.07 Å². The largest absolute Gasteiger partial charge is 0.444 e. The van der Waals surface area contributed by atoms with Crippen LogP contribution in [-0.4, -0.2) is 49.1 Å². The lowest BCUT2D eigenvalue weighted by atomic mass is 10.1. The SMILES string of the molecule is Cc1cccc(-c2nc(-c3cncc(NC(=O)CCNC(=O)OC(C)(C)C)c3)c3cc[nH]c3n2)n1. The first-order valence-corrected chi connectivity index (χ1v) is 11.2. The van der Waals surface area contributed by atoms with Gasteiger partial charge in [0, 0.05) is 42.0 Å². The van der Waals surface area contributed by atoms with Gasteiger partial charge in [-0.25, -0.2) is 19.7 Å². The molecule has 0 aromatic carbocycles. The van der Waals surface area contributed by atoms with Gasteiger partial charge < -0.3 is 20.4 Å². The van der Waals surface area contributed by atoms with Crippen molar-refractivity contribution in [1.82, 2.24) is 30.2 Å². The number of anilines is 1. The van der Waals surface area contributed by atoms with Gasteiger partial charge in [0.05, 0.1) is 17.6 Å². The molecule has 10 heteroatoms. The van der Waals surface area contributed by atoms with E-state index >= 15 is 0 Å². The first-order valence-electron chi connectivity index (χ1n) is 11.2. The van der Waals surface area contributed by atoms with Crippen molar-refractivity contribution in [2.45, 2.75) is 39.7 Å². The highest BCUT2D eigenvalue weighted by molar-refractivity contribution is 5.94. The van der Waals surface area contributed by atoms with Crippen LogP contribution < -0.4 is 10.6 Å². The van der Waals surface area contributed by atoms with Crippen LogP contribution in [0.15, 0.2) is 48.9 Å². The lowest BCUT2D eigenvalue weighted by Gasteiger charge is -2.19. The fourth-order valence-corrected chi connectivity index (χ4v) is 3.40. The number of hydrogen-bond donors (Lipinski definition) is 3. The molecular weight excluding hydrogens is 446 g/mol. The molecule has 0 aliphatic rings.